The third-order valence-electron chi connectivity index (χ3n) is 4.01. The molecule has 0 amide bonds. The minimum atomic E-state index is -4.68. The zero-order valence-electron chi connectivity index (χ0n) is 13.5. The van der Waals surface area contributed by atoms with E-state index in [2.05, 4.69) is 22.1 Å². The van der Waals surface area contributed by atoms with Crippen molar-refractivity contribution in [1.82, 2.24) is 9.78 Å². The van der Waals surface area contributed by atoms with Gasteiger partial charge in [0.15, 0.2) is 0 Å². The summed E-state index contributed by atoms with van der Waals surface area (Å²) in [5.41, 5.74) is 3.01. The third-order valence-corrected chi connectivity index (χ3v) is 4.01. The highest BCUT2D eigenvalue weighted by Gasteiger charge is 2.31. The van der Waals surface area contributed by atoms with Gasteiger partial charge in [0, 0.05) is 12.1 Å². The Kier molecular flexibility index (Phi) is 4.69. The zero-order chi connectivity index (χ0) is 17.2. The van der Waals surface area contributed by atoms with Crippen LogP contribution in [-0.4, -0.2) is 22.7 Å². The second-order valence-corrected chi connectivity index (χ2v) is 5.86. The van der Waals surface area contributed by atoms with Crippen LogP contribution in [0.4, 0.5) is 19.0 Å². The molecule has 1 aliphatic heterocycles. The van der Waals surface area contributed by atoms with E-state index in [0.29, 0.717) is 0 Å². The summed E-state index contributed by atoms with van der Waals surface area (Å²) in [5, 5.41) is 8.10. The van der Waals surface area contributed by atoms with Crippen molar-refractivity contribution in [3.8, 4) is 11.4 Å². The van der Waals surface area contributed by atoms with Crippen molar-refractivity contribution in [3.05, 3.63) is 35.5 Å². The lowest BCUT2D eigenvalue weighted by molar-refractivity contribution is -0.274. The smallest absolute Gasteiger partial charge is 0.406 e. The topological polar surface area (TPSA) is 39.1 Å². The molecule has 0 radical (unpaired) electrons. The summed E-state index contributed by atoms with van der Waals surface area (Å²) in [6.45, 7) is 2.98. The predicted octanol–water partition coefficient (Wildman–Crippen LogP) is 4.47. The van der Waals surface area contributed by atoms with Gasteiger partial charge in [-0.05, 0) is 49.9 Å². The molecule has 2 aromatic rings. The van der Waals surface area contributed by atoms with Crippen LogP contribution in [0.15, 0.2) is 24.3 Å². The molecule has 1 aromatic heterocycles. The number of anilines is 1. The Hall–Kier alpha value is -2.18. The second kappa shape index (κ2) is 6.75. The summed E-state index contributed by atoms with van der Waals surface area (Å²) in [4.78, 5) is 0. The van der Waals surface area contributed by atoms with Crippen molar-refractivity contribution in [1.29, 1.82) is 0 Å². The minimum absolute atomic E-state index is 0.230. The molecule has 0 saturated heterocycles. The molecule has 130 valence electrons. The first-order chi connectivity index (χ1) is 11.5. The maximum atomic E-state index is 12.3. The Morgan fingerprint density at radius 3 is 2.62 bits per heavy atom. The summed E-state index contributed by atoms with van der Waals surface area (Å²) < 4.78 is 42.5. The number of halogens is 3. The van der Waals surface area contributed by atoms with Crippen molar-refractivity contribution < 1.29 is 17.9 Å². The molecule has 0 atom stereocenters. The first-order valence-corrected chi connectivity index (χ1v) is 8.19. The van der Waals surface area contributed by atoms with E-state index in [1.165, 1.54) is 17.7 Å². The average Bonchev–Trinajstić information content (AvgIpc) is 2.70. The fraction of sp³-hybridized carbons (Fsp3) is 0.471. The monoisotopic (exact) mass is 339 g/mol. The van der Waals surface area contributed by atoms with Crippen molar-refractivity contribution in [3.63, 3.8) is 0 Å². The first-order valence-electron chi connectivity index (χ1n) is 8.19. The predicted molar refractivity (Wildman–Crippen MR) is 85.7 cm³/mol. The molecule has 0 bridgehead atoms. The van der Waals surface area contributed by atoms with Crippen molar-refractivity contribution in [2.45, 2.75) is 45.4 Å². The van der Waals surface area contributed by atoms with E-state index in [1.54, 1.807) is 16.8 Å². The lowest BCUT2D eigenvalue weighted by Gasteiger charge is -2.11. The molecule has 2 heterocycles. The largest absolute Gasteiger partial charge is 0.573 e. The SMILES string of the molecule is CCCc1nn(-c2ccc(OC(F)(F)F)cc2)c2c1CCCCN2. The van der Waals surface area contributed by atoms with Gasteiger partial charge in [-0.2, -0.15) is 5.10 Å². The lowest BCUT2D eigenvalue weighted by Crippen LogP contribution is -2.17. The molecule has 24 heavy (non-hydrogen) atoms. The molecular formula is C17H20F3N3O. The van der Waals surface area contributed by atoms with E-state index in [1.807, 2.05) is 0 Å². The lowest BCUT2D eigenvalue weighted by atomic mass is 10.1. The molecule has 3 rings (SSSR count). The number of benzene rings is 1. The highest BCUT2D eigenvalue weighted by molar-refractivity contribution is 5.54. The summed E-state index contributed by atoms with van der Waals surface area (Å²) >= 11 is 0. The van der Waals surface area contributed by atoms with Crippen LogP contribution in [0.1, 0.15) is 37.4 Å². The first kappa shape index (κ1) is 16.7. The minimum Gasteiger partial charge on any atom is -0.406 e. The van der Waals surface area contributed by atoms with Crippen LogP contribution in [-0.2, 0) is 12.8 Å². The van der Waals surface area contributed by atoms with E-state index in [4.69, 9.17) is 0 Å². The number of nitrogens with zero attached hydrogens (tertiary/aromatic N) is 2. The molecule has 7 heteroatoms. The Morgan fingerprint density at radius 2 is 1.96 bits per heavy atom. The van der Waals surface area contributed by atoms with Gasteiger partial charge in [-0.1, -0.05) is 13.3 Å². The molecule has 1 aliphatic rings. The zero-order valence-corrected chi connectivity index (χ0v) is 13.5. The molecule has 1 N–H and O–H groups in total. The van der Waals surface area contributed by atoms with Gasteiger partial charge in [0.1, 0.15) is 11.6 Å². The van der Waals surface area contributed by atoms with Gasteiger partial charge in [0.2, 0.25) is 0 Å². The number of fused-ring (bicyclic) bond motifs is 1. The van der Waals surface area contributed by atoms with Gasteiger partial charge in [-0.15, -0.1) is 13.2 Å². The maximum Gasteiger partial charge on any atom is 0.573 e. The van der Waals surface area contributed by atoms with Crippen molar-refractivity contribution in [2.75, 3.05) is 11.9 Å². The standard InChI is InChI=1S/C17H20F3N3O/c1-2-5-15-14-6-3-4-11-21-16(14)23(22-15)12-7-9-13(10-8-12)24-17(18,19)20/h7-10,21H,2-6,11H2,1H3. The molecule has 0 aliphatic carbocycles. The van der Waals surface area contributed by atoms with Crippen LogP contribution in [0, 0.1) is 0 Å². The number of hydrogen-bond acceptors (Lipinski definition) is 3. The quantitative estimate of drug-likeness (QED) is 0.893. The molecule has 0 saturated carbocycles. The number of alkyl halides is 3. The van der Waals surface area contributed by atoms with Crippen molar-refractivity contribution >= 4 is 5.82 Å². The van der Waals surface area contributed by atoms with E-state index in [-0.39, 0.29) is 5.75 Å². The molecule has 0 spiro atoms. The second-order valence-electron chi connectivity index (χ2n) is 5.86. The van der Waals surface area contributed by atoms with Gasteiger partial charge < -0.3 is 10.1 Å². The number of aromatic nitrogens is 2. The summed E-state index contributed by atoms with van der Waals surface area (Å²) in [6.07, 6.45) is 0.403. The Bertz CT molecular complexity index is 692. The number of ether oxygens (including phenoxy) is 1. The average molecular weight is 339 g/mol. The molecule has 0 fully saturated rings. The summed E-state index contributed by atoms with van der Waals surface area (Å²) in [7, 11) is 0. The van der Waals surface area contributed by atoms with Crippen LogP contribution >= 0.6 is 0 Å². The number of hydrogen-bond donors (Lipinski definition) is 1. The van der Waals surface area contributed by atoms with E-state index < -0.39 is 6.36 Å². The van der Waals surface area contributed by atoms with Crippen LogP contribution in [0.2, 0.25) is 0 Å². The Morgan fingerprint density at radius 1 is 1.21 bits per heavy atom. The van der Waals surface area contributed by atoms with Gasteiger partial charge in [0.05, 0.1) is 11.4 Å². The van der Waals surface area contributed by atoms with E-state index >= 15 is 0 Å². The molecule has 4 nitrogen and oxygen atoms in total. The highest BCUT2D eigenvalue weighted by Crippen LogP contribution is 2.30. The van der Waals surface area contributed by atoms with Gasteiger partial charge in [-0.3, -0.25) is 0 Å². The Balaban J connectivity index is 1.94. The number of rotatable bonds is 4. The molecule has 1 aromatic carbocycles. The van der Waals surface area contributed by atoms with Gasteiger partial charge in [0.25, 0.3) is 0 Å². The van der Waals surface area contributed by atoms with Crippen LogP contribution in [0.3, 0.4) is 0 Å². The third kappa shape index (κ3) is 3.66. The normalized spacial score (nSPS) is 14.7. The summed E-state index contributed by atoms with van der Waals surface area (Å²) in [6, 6.07) is 5.81. The van der Waals surface area contributed by atoms with Crippen molar-refractivity contribution in [2.24, 2.45) is 0 Å². The van der Waals surface area contributed by atoms with Gasteiger partial charge in [-0.25, -0.2) is 4.68 Å². The fourth-order valence-corrected chi connectivity index (χ4v) is 2.99. The highest BCUT2D eigenvalue weighted by atomic mass is 19.4. The molecular weight excluding hydrogens is 319 g/mol. The number of aryl methyl sites for hydroxylation is 1. The van der Waals surface area contributed by atoms with Crippen LogP contribution < -0.4 is 10.1 Å². The van der Waals surface area contributed by atoms with Crippen LogP contribution in [0.5, 0.6) is 5.75 Å². The molecule has 0 unspecified atom stereocenters. The van der Waals surface area contributed by atoms with E-state index in [9.17, 15) is 13.2 Å². The summed E-state index contributed by atoms with van der Waals surface area (Å²) in [5.74, 6) is 0.728. The maximum absolute atomic E-state index is 12.3. The van der Waals surface area contributed by atoms with Crippen LogP contribution in [0.25, 0.3) is 5.69 Å². The number of nitrogens with one attached hydrogen (secondary N) is 1. The van der Waals surface area contributed by atoms with Gasteiger partial charge >= 0.3 is 6.36 Å². The Labute approximate surface area is 138 Å². The fourth-order valence-electron chi connectivity index (χ4n) is 2.99. The van der Waals surface area contributed by atoms with E-state index in [0.717, 1.165) is 55.8 Å².